The molecule has 0 fully saturated rings. The van der Waals surface area contributed by atoms with Crippen molar-refractivity contribution < 1.29 is 0 Å². The van der Waals surface area contributed by atoms with Crippen molar-refractivity contribution in [1.82, 2.24) is 9.47 Å². The molecule has 108 valence electrons. The zero-order chi connectivity index (χ0) is 15.0. The summed E-state index contributed by atoms with van der Waals surface area (Å²) in [6.45, 7) is 3.14. The minimum atomic E-state index is 0.960. The SMILES string of the molecule is CCn1c2ccc(Br)cc2c2cc(N=CN(C)C)ccc21. The Labute approximate surface area is 133 Å². The van der Waals surface area contributed by atoms with E-state index in [-0.39, 0.29) is 0 Å². The lowest BCUT2D eigenvalue weighted by Gasteiger charge is -2.04. The molecule has 0 spiro atoms. The van der Waals surface area contributed by atoms with Gasteiger partial charge in [0, 0.05) is 46.9 Å². The lowest BCUT2D eigenvalue weighted by Crippen LogP contribution is -2.06. The third-order valence-electron chi connectivity index (χ3n) is 3.56. The van der Waals surface area contributed by atoms with E-state index in [0.29, 0.717) is 0 Å². The Morgan fingerprint density at radius 1 is 1.10 bits per heavy atom. The summed E-state index contributed by atoms with van der Waals surface area (Å²) >= 11 is 3.57. The van der Waals surface area contributed by atoms with E-state index in [0.717, 1.165) is 16.7 Å². The summed E-state index contributed by atoms with van der Waals surface area (Å²) in [5, 5.41) is 2.52. The van der Waals surface area contributed by atoms with E-state index in [1.54, 1.807) is 0 Å². The molecule has 0 radical (unpaired) electrons. The Morgan fingerprint density at radius 3 is 2.43 bits per heavy atom. The average Bonchev–Trinajstić information content (AvgIpc) is 2.77. The predicted molar refractivity (Wildman–Crippen MR) is 94.7 cm³/mol. The van der Waals surface area contributed by atoms with Crippen molar-refractivity contribution >= 4 is 49.8 Å². The van der Waals surface area contributed by atoms with Gasteiger partial charge in [0.1, 0.15) is 0 Å². The number of rotatable bonds is 3. The van der Waals surface area contributed by atoms with Gasteiger partial charge in [0.05, 0.1) is 12.0 Å². The Hall–Kier alpha value is -1.81. The number of aromatic nitrogens is 1. The van der Waals surface area contributed by atoms with E-state index in [9.17, 15) is 0 Å². The molecule has 0 bridgehead atoms. The quantitative estimate of drug-likeness (QED) is 0.494. The molecule has 1 heterocycles. The second kappa shape index (κ2) is 5.53. The van der Waals surface area contributed by atoms with Crippen molar-refractivity contribution in [1.29, 1.82) is 0 Å². The number of benzene rings is 2. The van der Waals surface area contributed by atoms with Gasteiger partial charge >= 0.3 is 0 Å². The summed E-state index contributed by atoms with van der Waals surface area (Å²) in [6, 6.07) is 12.8. The molecule has 0 aliphatic carbocycles. The number of aryl methyl sites for hydroxylation is 1. The molecule has 0 N–H and O–H groups in total. The standard InChI is InChI=1S/C17H18BrN3/c1-4-21-16-7-5-12(18)9-14(16)15-10-13(6-8-17(15)21)19-11-20(2)3/h5-11H,4H2,1-3H3. The first-order valence-corrected chi connectivity index (χ1v) is 7.81. The van der Waals surface area contributed by atoms with Crippen LogP contribution in [0.15, 0.2) is 45.9 Å². The van der Waals surface area contributed by atoms with Crippen LogP contribution in [0.5, 0.6) is 0 Å². The van der Waals surface area contributed by atoms with Crippen LogP contribution in [0.3, 0.4) is 0 Å². The van der Waals surface area contributed by atoms with E-state index in [1.165, 1.54) is 21.8 Å². The lowest BCUT2D eigenvalue weighted by atomic mass is 10.1. The zero-order valence-electron chi connectivity index (χ0n) is 12.5. The first-order chi connectivity index (χ1) is 10.1. The van der Waals surface area contributed by atoms with Crippen LogP contribution in [0.25, 0.3) is 21.8 Å². The van der Waals surface area contributed by atoms with Crippen LogP contribution >= 0.6 is 15.9 Å². The minimum Gasteiger partial charge on any atom is -0.369 e. The summed E-state index contributed by atoms with van der Waals surface area (Å²) in [5.41, 5.74) is 3.50. The van der Waals surface area contributed by atoms with Crippen molar-refractivity contribution in [2.24, 2.45) is 4.99 Å². The van der Waals surface area contributed by atoms with Gasteiger partial charge < -0.3 is 9.47 Å². The van der Waals surface area contributed by atoms with Crippen LogP contribution < -0.4 is 0 Å². The van der Waals surface area contributed by atoms with Crippen molar-refractivity contribution in [3.8, 4) is 0 Å². The van der Waals surface area contributed by atoms with Gasteiger partial charge in [0.2, 0.25) is 0 Å². The third kappa shape index (κ3) is 2.56. The fraction of sp³-hybridized carbons (Fsp3) is 0.235. The lowest BCUT2D eigenvalue weighted by molar-refractivity contribution is 0.643. The van der Waals surface area contributed by atoms with Gasteiger partial charge in [-0.3, -0.25) is 0 Å². The molecule has 0 saturated heterocycles. The smallest absolute Gasteiger partial charge is 0.0907 e. The normalized spacial score (nSPS) is 11.8. The van der Waals surface area contributed by atoms with E-state index in [4.69, 9.17) is 0 Å². The van der Waals surface area contributed by atoms with Crippen LogP contribution in [-0.4, -0.2) is 29.9 Å². The Kier molecular flexibility index (Phi) is 3.72. The highest BCUT2D eigenvalue weighted by Crippen LogP contribution is 2.33. The van der Waals surface area contributed by atoms with E-state index in [2.05, 4.69) is 68.8 Å². The highest BCUT2D eigenvalue weighted by Gasteiger charge is 2.10. The molecule has 0 saturated carbocycles. The number of fused-ring (bicyclic) bond motifs is 3. The summed E-state index contributed by atoms with van der Waals surface area (Å²) < 4.78 is 3.45. The van der Waals surface area contributed by atoms with Gasteiger partial charge in [0.25, 0.3) is 0 Å². The summed E-state index contributed by atoms with van der Waals surface area (Å²) in [6.07, 6.45) is 1.83. The Bertz CT molecular complexity index is 831. The third-order valence-corrected chi connectivity index (χ3v) is 4.06. The molecule has 0 atom stereocenters. The van der Waals surface area contributed by atoms with Gasteiger partial charge in [-0.1, -0.05) is 15.9 Å². The molecule has 3 aromatic rings. The second-order valence-corrected chi connectivity index (χ2v) is 6.23. The summed E-state index contributed by atoms with van der Waals surface area (Å²) in [4.78, 5) is 6.44. The molecule has 3 rings (SSSR count). The first kappa shape index (κ1) is 14.1. The summed E-state index contributed by atoms with van der Waals surface area (Å²) in [5.74, 6) is 0. The fourth-order valence-corrected chi connectivity index (χ4v) is 3.03. The minimum absolute atomic E-state index is 0.960. The van der Waals surface area contributed by atoms with Gasteiger partial charge in [-0.2, -0.15) is 0 Å². The number of halogens is 1. The molecule has 0 aliphatic heterocycles. The first-order valence-electron chi connectivity index (χ1n) is 7.02. The van der Waals surface area contributed by atoms with Gasteiger partial charge in [0.15, 0.2) is 0 Å². The van der Waals surface area contributed by atoms with Crippen LogP contribution in [0.4, 0.5) is 5.69 Å². The van der Waals surface area contributed by atoms with Crippen molar-refractivity contribution in [2.75, 3.05) is 14.1 Å². The van der Waals surface area contributed by atoms with Crippen LogP contribution in [0.2, 0.25) is 0 Å². The summed E-state index contributed by atoms with van der Waals surface area (Å²) in [7, 11) is 3.95. The van der Waals surface area contributed by atoms with Gasteiger partial charge in [-0.25, -0.2) is 4.99 Å². The number of hydrogen-bond acceptors (Lipinski definition) is 1. The molecule has 3 nitrogen and oxygen atoms in total. The molecule has 0 aliphatic rings. The molecule has 21 heavy (non-hydrogen) atoms. The highest BCUT2D eigenvalue weighted by molar-refractivity contribution is 9.10. The molecule has 4 heteroatoms. The van der Waals surface area contributed by atoms with Crippen molar-refractivity contribution in [2.45, 2.75) is 13.5 Å². The number of nitrogens with zero attached hydrogens (tertiary/aromatic N) is 3. The highest BCUT2D eigenvalue weighted by atomic mass is 79.9. The maximum Gasteiger partial charge on any atom is 0.0907 e. The largest absolute Gasteiger partial charge is 0.369 e. The van der Waals surface area contributed by atoms with Gasteiger partial charge in [-0.15, -0.1) is 0 Å². The molecular formula is C17H18BrN3. The Balaban J connectivity index is 2.28. The van der Waals surface area contributed by atoms with Crippen LogP contribution in [0, 0.1) is 0 Å². The van der Waals surface area contributed by atoms with Crippen LogP contribution in [-0.2, 0) is 6.54 Å². The molecular weight excluding hydrogens is 326 g/mol. The second-order valence-electron chi connectivity index (χ2n) is 5.32. The topological polar surface area (TPSA) is 20.5 Å². The average molecular weight is 344 g/mol. The monoisotopic (exact) mass is 343 g/mol. The zero-order valence-corrected chi connectivity index (χ0v) is 14.1. The molecule has 0 unspecified atom stereocenters. The van der Waals surface area contributed by atoms with E-state index < -0.39 is 0 Å². The molecule has 2 aromatic carbocycles. The maximum absolute atomic E-state index is 4.50. The van der Waals surface area contributed by atoms with Crippen molar-refractivity contribution in [3.63, 3.8) is 0 Å². The molecule has 0 amide bonds. The predicted octanol–water partition coefficient (Wildman–Crippen LogP) is 4.80. The number of hydrogen-bond donors (Lipinski definition) is 0. The molecule has 1 aromatic heterocycles. The fourth-order valence-electron chi connectivity index (χ4n) is 2.67. The van der Waals surface area contributed by atoms with Crippen molar-refractivity contribution in [3.05, 3.63) is 40.9 Å². The van der Waals surface area contributed by atoms with Crippen LogP contribution in [0.1, 0.15) is 6.92 Å². The van der Waals surface area contributed by atoms with E-state index >= 15 is 0 Å². The number of aliphatic imine (C=N–C) groups is 1. The van der Waals surface area contributed by atoms with E-state index in [1.807, 2.05) is 25.3 Å². The Morgan fingerprint density at radius 2 is 1.76 bits per heavy atom. The van der Waals surface area contributed by atoms with Gasteiger partial charge in [-0.05, 0) is 43.3 Å². The maximum atomic E-state index is 4.50.